The van der Waals surface area contributed by atoms with E-state index in [2.05, 4.69) is 5.32 Å². The molecule has 0 saturated carbocycles. The van der Waals surface area contributed by atoms with Crippen molar-refractivity contribution in [3.8, 4) is 5.75 Å². The van der Waals surface area contributed by atoms with Gasteiger partial charge in [-0.2, -0.15) is 0 Å². The van der Waals surface area contributed by atoms with Gasteiger partial charge in [-0.15, -0.1) is 0 Å². The normalized spacial score (nSPS) is 12.0. The first-order valence-corrected chi connectivity index (χ1v) is 6.71. The number of amides is 1. The Morgan fingerprint density at radius 1 is 1.43 bits per heavy atom. The van der Waals surface area contributed by atoms with E-state index in [0.717, 1.165) is 16.9 Å². The number of benzene rings is 1. The Bertz CT molecular complexity index is 592. The molecule has 1 heterocycles. The Kier molecular flexibility index (Phi) is 5.00. The Morgan fingerprint density at radius 2 is 2.24 bits per heavy atom. The van der Waals surface area contributed by atoms with E-state index in [1.165, 1.54) is 6.26 Å². The highest BCUT2D eigenvalue weighted by molar-refractivity contribution is 5.79. The van der Waals surface area contributed by atoms with Crippen molar-refractivity contribution in [1.29, 1.82) is 0 Å². The molecule has 0 aliphatic heterocycles. The van der Waals surface area contributed by atoms with Gasteiger partial charge in [0, 0.05) is 0 Å². The third-order valence-electron chi connectivity index (χ3n) is 3.24. The summed E-state index contributed by atoms with van der Waals surface area (Å²) >= 11 is 0. The summed E-state index contributed by atoms with van der Waals surface area (Å²) in [5, 5.41) is 12.1. The summed E-state index contributed by atoms with van der Waals surface area (Å²) in [6, 6.07) is 8.55. The Hall–Kier alpha value is -2.27. The van der Waals surface area contributed by atoms with Crippen LogP contribution in [0.1, 0.15) is 22.9 Å². The number of carbonyl (C=O) groups excluding carboxylic acids is 1. The number of carbonyl (C=O) groups is 1. The van der Waals surface area contributed by atoms with Crippen molar-refractivity contribution in [2.45, 2.75) is 19.4 Å². The highest BCUT2D eigenvalue weighted by atomic mass is 16.5. The van der Waals surface area contributed by atoms with Gasteiger partial charge in [0.1, 0.15) is 17.6 Å². The average Bonchev–Trinajstić information content (AvgIpc) is 3.01. The first-order chi connectivity index (χ1) is 10.1. The third kappa shape index (κ3) is 3.86. The lowest BCUT2D eigenvalue weighted by atomic mass is 10.1. The van der Waals surface area contributed by atoms with Crippen LogP contribution in [-0.2, 0) is 11.2 Å². The van der Waals surface area contributed by atoms with Crippen LogP contribution < -0.4 is 10.1 Å². The third-order valence-corrected chi connectivity index (χ3v) is 3.24. The average molecular weight is 289 g/mol. The van der Waals surface area contributed by atoms with Crippen LogP contribution in [0.2, 0.25) is 0 Å². The van der Waals surface area contributed by atoms with Crippen LogP contribution in [0.15, 0.2) is 41.0 Å². The molecule has 0 bridgehead atoms. The summed E-state index contributed by atoms with van der Waals surface area (Å²) in [6.07, 6.45) is 1.73. The van der Waals surface area contributed by atoms with Crippen LogP contribution in [-0.4, -0.2) is 24.7 Å². The minimum atomic E-state index is -0.528. The summed E-state index contributed by atoms with van der Waals surface area (Å²) in [6.45, 7) is 1.73. The molecule has 2 aromatic rings. The molecule has 0 spiro atoms. The molecule has 5 heteroatoms. The van der Waals surface area contributed by atoms with Crippen LogP contribution in [0.3, 0.4) is 0 Å². The fourth-order valence-corrected chi connectivity index (χ4v) is 2.10. The molecule has 0 saturated heterocycles. The number of hydrogen-bond donors (Lipinski definition) is 2. The van der Waals surface area contributed by atoms with Gasteiger partial charge in [0.15, 0.2) is 0 Å². The zero-order valence-electron chi connectivity index (χ0n) is 12.1. The molecular formula is C16H19NO4. The van der Waals surface area contributed by atoms with Crippen molar-refractivity contribution in [2.75, 3.05) is 13.7 Å². The van der Waals surface area contributed by atoms with Crippen LogP contribution in [0.25, 0.3) is 0 Å². The van der Waals surface area contributed by atoms with Gasteiger partial charge < -0.3 is 19.6 Å². The molecule has 2 rings (SSSR count). The Balaban J connectivity index is 2.01. The summed E-state index contributed by atoms with van der Waals surface area (Å²) < 4.78 is 10.4. The van der Waals surface area contributed by atoms with Gasteiger partial charge >= 0.3 is 0 Å². The van der Waals surface area contributed by atoms with Crippen LogP contribution in [0.5, 0.6) is 5.75 Å². The molecule has 0 radical (unpaired) electrons. The standard InChI is InChI=1S/C16H19NO4/c1-11-5-6-12(8-15(11)20-2)9-16(19)17-13(10-18)14-4-3-7-21-14/h3-8,13,18H,9-10H2,1-2H3,(H,17,19). The molecule has 1 unspecified atom stereocenters. The lowest BCUT2D eigenvalue weighted by Gasteiger charge is -2.14. The van der Waals surface area contributed by atoms with Crippen molar-refractivity contribution in [2.24, 2.45) is 0 Å². The quantitative estimate of drug-likeness (QED) is 0.853. The maximum absolute atomic E-state index is 12.1. The fourth-order valence-electron chi connectivity index (χ4n) is 2.10. The molecule has 1 atom stereocenters. The van der Waals surface area contributed by atoms with E-state index in [9.17, 15) is 9.90 Å². The second kappa shape index (κ2) is 6.95. The highest BCUT2D eigenvalue weighted by Crippen LogP contribution is 2.19. The van der Waals surface area contributed by atoms with Crippen molar-refractivity contribution in [1.82, 2.24) is 5.32 Å². The molecular weight excluding hydrogens is 270 g/mol. The van der Waals surface area contributed by atoms with E-state index < -0.39 is 6.04 Å². The Labute approximate surface area is 123 Å². The van der Waals surface area contributed by atoms with Gasteiger partial charge in [-0.05, 0) is 36.2 Å². The first-order valence-electron chi connectivity index (χ1n) is 6.71. The summed E-state index contributed by atoms with van der Waals surface area (Å²) in [7, 11) is 1.60. The van der Waals surface area contributed by atoms with E-state index in [1.807, 2.05) is 25.1 Å². The molecule has 1 amide bonds. The van der Waals surface area contributed by atoms with E-state index in [0.29, 0.717) is 5.76 Å². The predicted octanol–water partition coefficient (Wildman–Crippen LogP) is 1.99. The zero-order valence-corrected chi connectivity index (χ0v) is 12.1. The summed E-state index contributed by atoms with van der Waals surface area (Å²) in [5.41, 5.74) is 1.87. The zero-order chi connectivity index (χ0) is 15.2. The topological polar surface area (TPSA) is 71.7 Å². The van der Waals surface area contributed by atoms with Gasteiger partial charge in [0.2, 0.25) is 5.91 Å². The second-order valence-corrected chi connectivity index (χ2v) is 4.80. The van der Waals surface area contributed by atoms with Crippen LogP contribution in [0.4, 0.5) is 0 Å². The molecule has 2 N–H and O–H groups in total. The van der Waals surface area contributed by atoms with E-state index in [-0.39, 0.29) is 18.9 Å². The number of aliphatic hydroxyl groups is 1. The largest absolute Gasteiger partial charge is 0.496 e. The van der Waals surface area contributed by atoms with E-state index in [4.69, 9.17) is 9.15 Å². The van der Waals surface area contributed by atoms with Crippen LogP contribution in [0, 0.1) is 6.92 Å². The first kappa shape index (κ1) is 15.1. The number of ether oxygens (including phenoxy) is 1. The maximum Gasteiger partial charge on any atom is 0.225 e. The van der Waals surface area contributed by atoms with Crippen molar-refractivity contribution in [3.05, 3.63) is 53.5 Å². The molecule has 1 aromatic carbocycles. The van der Waals surface area contributed by atoms with Crippen molar-refractivity contribution >= 4 is 5.91 Å². The number of aliphatic hydroxyl groups excluding tert-OH is 1. The smallest absolute Gasteiger partial charge is 0.225 e. The maximum atomic E-state index is 12.1. The molecule has 0 fully saturated rings. The van der Waals surface area contributed by atoms with Gasteiger partial charge in [0.05, 0.1) is 26.4 Å². The van der Waals surface area contributed by atoms with Crippen LogP contribution >= 0.6 is 0 Å². The highest BCUT2D eigenvalue weighted by Gasteiger charge is 2.16. The Morgan fingerprint density at radius 3 is 2.86 bits per heavy atom. The number of methoxy groups -OCH3 is 1. The molecule has 1 aromatic heterocycles. The second-order valence-electron chi connectivity index (χ2n) is 4.80. The minimum Gasteiger partial charge on any atom is -0.496 e. The van der Waals surface area contributed by atoms with Gasteiger partial charge in [0.25, 0.3) is 0 Å². The summed E-state index contributed by atoms with van der Waals surface area (Å²) in [5.74, 6) is 1.11. The molecule has 0 aliphatic rings. The van der Waals surface area contributed by atoms with E-state index >= 15 is 0 Å². The number of nitrogens with one attached hydrogen (secondary N) is 1. The number of aryl methyl sites for hydroxylation is 1. The number of furan rings is 1. The van der Waals surface area contributed by atoms with Gasteiger partial charge in [-0.25, -0.2) is 0 Å². The molecule has 21 heavy (non-hydrogen) atoms. The molecule has 0 aliphatic carbocycles. The van der Waals surface area contributed by atoms with Crippen molar-refractivity contribution < 1.29 is 19.1 Å². The van der Waals surface area contributed by atoms with Gasteiger partial charge in [-0.1, -0.05) is 12.1 Å². The predicted molar refractivity (Wildman–Crippen MR) is 78.1 cm³/mol. The van der Waals surface area contributed by atoms with Gasteiger partial charge in [-0.3, -0.25) is 4.79 Å². The lowest BCUT2D eigenvalue weighted by Crippen LogP contribution is -2.31. The number of hydrogen-bond acceptors (Lipinski definition) is 4. The van der Waals surface area contributed by atoms with E-state index in [1.54, 1.807) is 19.2 Å². The SMILES string of the molecule is COc1cc(CC(=O)NC(CO)c2ccco2)ccc1C. The lowest BCUT2D eigenvalue weighted by molar-refractivity contribution is -0.121. The molecule has 5 nitrogen and oxygen atoms in total. The number of rotatable bonds is 6. The summed E-state index contributed by atoms with van der Waals surface area (Å²) in [4.78, 5) is 12.1. The fraction of sp³-hybridized carbons (Fsp3) is 0.312. The van der Waals surface area contributed by atoms with Crippen molar-refractivity contribution in [3.63, 3.8) is 0 Å². The monoisotopic (exact) mass is 289 g/mol. The molecule has 112 valence electrons. The minimum absolute atomic E-state index is 0.184.